The molecular weight excluding hydrogens is 252 g/mol. The van der Waals surface area contributed by atoms with Crippen LogP contribution in [0.4, 0.5) is 5.69 Å². The summed E-state index contributed by atoms with van der Waals surface area (Å²) in [6, 6.07) is 7.72. The maximum absolute atomic E-state index is 12.1. The van der Waals surface area contributed by atoms with Gasteiger partial charge in [0.25, 0.3) is 5.91 Å². The zero-order valence-corrected chi connectivity index (χ0v) is 11.7. The number of ether oxygens (including phenoxy) is 1. The normalized spacial score (nSPS) is 21.7. The minimum absolute atomic E-state index is 0.00926. The quantitative estimate of drug-likeness (QED) is 0.887. The molecule has 1 heterocycles. The van der Waals surface area contributed by atoms with E-state index in [9.17, 15) is 4.79 Å². The van der Waals surface area contributed by atoms with Gasteiger partial charge in [0.15, 0.2) is 6.10 Å². The molecule has 1 aromatic rings. The Morgan fingerprint density at radius 2 is 2.10 bits per heavy atom. The lowest BCUT2D eigenvalue weighted by atomic mass is 10.0. The highest BCUT2D eigenvalue weighted by atomic mass is 16.5. The van der Waals surface area contributed by atoms with E-state index in [0.717, 1.165) is 30.3 Å². The number of hydrogen-bond acceptors (Lipinski definition) is 3. The van der Waals surface area contributed by atoms with Gasteiger partial charge in [-0.1, -0.05) is 37.8 Å². The van der Waals surface area contributed by atoms with Crippen molar-refractivity contribution in [3.8, 4) is 5.75 Å². The minimum Gasteiger partial charge on any atom is -0.477 e. The van der Waals surface area contributed by atoms with Crippen molar-refractivity contribution in [3.05, 3.63) is 24.3 Å². The highest BCUT2D eigenvalue weighted by molar-refractivity contribution is 5.83. The van der Waals surface area contributed by atoms with Gasteiger partial charge in [0, 0.05) is 6.54 Å². The predicted molar refractivity (Wildman–Crippen MR) is 78.9 cm³/mol. The summed E-state index contributed by atoms with van der Waals surface area (Å²) in [5, 5.41) is 6.25. The van der Waals surface area contributed by atoms with Crippen LogP contribution in [0.25, 0.3) is 0 Å². The highest BCUT2D eigenvalue weighted by Gasteiger charge is 2.25. The molecule has 1 amide bonds. The molecule has 0 saturated heterocycles. The fourth-order valence-corrected chi connectivity index (χ4v) is 3.07. The van der Waals surface area contributed by atoms with Gasteiger partial charge in [-0.15, -0.1) is 0 Å². The first-order chi connectivity index (χ1) is 9.83. The van der Waals surface area contributed by atoms with E-state index in [1.54, 1.807) is 0 Å². The Labute approximate surface area is 119 Å². The van der Waals surface area contributed by atoms with Crippen molar-refractivity contribution in [2.45, 2.75) is 38.2 Å². The van der Waals surface area contributed by atoms with Crippen LogP contribution < -0.4 is 15.4 Å². The first kappa shape index (κ1) is 13.3. The lowest BCUT2D eigenvalue weighted by molar-refractivity contribution is -0.127. The van der Waals surface area contributed by atoms with Crippen LogP contribution in [-0.2, 0) is 4.79 Å². The Morgan fingerprint density at radius 1 is 1.30 bits per heavy atom. The molecule has 1 aliphatic carbocycles. The first-order valence-corrected chi connectivity index (χ1v) is 7.60. The number of amides is 1. The van der Waals surface area contributed by atoms with E-state index >= 15 is 0 Å². The zero-order valence-electron chi connectivity index (χ0n) is 11.7. The van der Waals surface area contributed by atoms with E-state index in [1.807, 2.05) is 24.3 Å². The molecule has 2 aliphatic rings. The van der Waals surface area contributed by atoms with Crippen LogP contribution in [0, 0.1) is 5.92 Å². The smallest absolute Gasteiger partial charge is 0.262 e. The SMILES string of the molecule is O=C(NCCC1CCCC1)C1CNc2ccccc2O1. The molecule has 0 bridgehead atoms. The van der Waals surface area contributed by atoms with Gasteiger partial charge in [-0.05, 0) is 24.5 Å². The van der Waals surface area contributed by atoms with E-state index in [1.165, 1.54) is 25.7 Å². The third kappa shape index (κ3) is 3.06. The molecule has 0 aromatic heterocycles. The molecule has 1 aromatic carbocycles. The van der Waals surface area contributed by atoms with Crippen molar-refractivity contribution in [1.82, 2.24) is 5.32 Å². The number of para-hydroxylation sites is 2. The molecule has 108 valence electrons. The van der Waals surface area contributed by atoms with Crippen LogP contribution in [0.5, 0.6) is 5.75 Å². The Morgan fingerprint density at radius 3 is 2.95 bits per heavy atom. The largest absolute Gasteiger partial charge is 0.477 e. The van der Waals surface area contributed by atoms with Gasteiger partial charge >= 0.3 is 0 Å². The molecule has 1 aliphatic heterocycles. The van der Waals surface area contributed by atoms with Crippen molar-refractivity contribution in [3.63, 3.8) is 0 Å². The van der Waals surface area contributed by atoms with E-state index in [4.69, 9.17) is 4.74 Å². The summed E-state index contributed by atoms with van der Waals surface area (Å²) in [6.07, 6.45) is 6.03. The molecule has 4 nitrogen and oxygen atoms in total. The predicted octanol–water partition coefficient (Wildman–Crippen LogP) is 2.56. The molecule has 4 heteroatoms. The molecule has 1 saturated carbocycles. The van der Waals surface area contributed by atoms with Gasteiger partial charge in [0.1, 0.15) is 5.75 Å². The fraction of sp³-hybridized carbons (Fsp3) is 0.562. The number of fused-ring (bicyclic) bond motifs is 1. The molecule has 1 atom stereocenters. The molecular formula is C16H22N2O2. The average Bonchev–Trinajstić information content (AvgIpc) is 3.00. The van der Waals surface area contributed by atoms with Gasteiger partial charge in [-0.2, -0.15) is 0 Å². The van der Waals surface area contributed by atoms with Crippen molar-refractivity contribution < 1.29 is 9.53 Å². The monoisotopic (exact) mass is 274 g/mol. The van der Waals surface area contributed by atoms with Gasteiger partial charge in [0.2, 0.25) is 0 Å². The molecule has 2 N–H and O–H groups in total. The maximum atomic E-state index is 12.1. The Balaban J connectivity index is 1.46. The van der Waals surface area contributed by atoms with Gasteiger partial charge in [-0.25, -0.2) is 0 Å². The number of carbonyl (C=O) groups excluding carboxylic acids is 1. The van der Waals surface area contributed by atoms with Crippen LogP contribution in [0.2, 0.25) is 0 Å². The Hall–Kier alpha value is -1.71. The summed E-state index contributed by atoms with van der Waals surface area (Å²) < 4.78 is 5.74. The second-order valence-electron chi connectivity index (χ2n) is 5.71. The molecule has 0 radical (unpaired) electrons. The van der Waals surface area contributed by atoms with E-state index in [2.05, 4.69) is 10.6 Å². The standard InChI is InChI=1S/C16H22N2O2/c19-16(17-10-9-12-5-1-2-6-12)15-11-18-13-7-3-4-8-14(13)20-15/h3-4,7-8,12,15,18H,1-2,5-6,9-11H2,(H,17,19). The summed E-state index contributed by atoms with van der Waals surface area (Å²) in [5.74, 6) is 1.56. The van der Waals surface area contributed by atoms with E-state index < -0.39 is 6.10 Å². The first-order valence-electron chi connectivity index (χ1n) is 7.60. The van der Waals surface area contributed by atoms with Crippen molar-refractivity contribution in [2.75, 3.05) is 18.4 Å². The second-order valence-corrected chi connectivity index (χ2v) is 5.71. The van der Waals surface area contributed by atoms with E-state index in [0.29, 0.717) is 6.54 Å². The lowest BCUT2D eigenvalue weighted by Gasteiger charge is -2.26. The van der Waals surface area contributed by atoms with Crippen molar-refractivity contribution in [1.29, 1.82) is 0 Å². The number of rotatable bonds is 4. The third-order valence-corrected chi connectivity index (χ3v) is 4.25. The van der Waals surface area contributed by atoms with E-state index in [-0.39, 0.29) is 5.91 Å². The number of anilines is 1. The van der Waals surface area contributed by atoms with Crippen molar-refractivity contribution >= 4 is 11.6 Å². The molecule has 3 rings (SSSR count). The number of nitrogens with one attached hydrogen (secondary N) is 2. The second kappa shape index (κ2) is 6.16. The molecule has 0 spiro atoms. The Bertz CT molecular complexity index is 469. The molecule has 1 unspecified atom stereocenters. The van der Waals surface area contributed by atoms with Crippen LogP contribution >= 0.6 is 0 Å². The summed E-state index contributed by atoms with van der Waals surface area (Å²) in [5.41, 5.74) is 0.961. The number of benzene rings is 1. The van der Waals surface area contributed by atoms with Gasteiger partial charge in [-0.3, -0.25) is 4.79 Å². The highest BCUT2D eigenvalue weighted by Crippen LogP contribution is 2.28. The van der Waals surface area contributed by atoms with Crippen LogP contribution in [0.15, 0.2) is 24.3 Å². The third-order valence-electron chi connectivity index (χ3n) is 4.25. The van der Waals surface area contributed by atoms with Crippen molar-refractivity contribution in [2.24, 2.45) is 5.92 Å². The summed E-state index contributed by atoms with van der Waals surface area (Å²) >= 11 is 0. The summed E-state index contributed by atoms with van der Waals surface area (Å²) in [4.78, 5) is 12.1. The lowest BCUT2D eigenvalue weighted by Crippen LogP contribution is -2.45. The summed E-state index contributed by atoms with van der Waals surface area (Å²) in [6.45, 7) is 1.30. The topological polar surface area (TPSA) is 50.4 Å². The Kier molecular flexibility index (Phi) is 4.09. The van der Waals surface area contributed by atoms with Gasteiger partial charge in [0.05, 0.1) is 12.2 Å². The van der Waals surface area contributed by atoms with Gasteiger partial charge < -0.3 is 15.4 Å². The maximum Gasteiger partial charge on any atom is 0.262 e. The summed E-state index contributed by atoms with van der Waals surface area (Å²) in [7, 11) is 0. The number of carbonyl (C=O) groups is 1. The molecule has 20 heavy (non-hydrogen) atoms. The zero-order chi connectivity index (χ0) is 13.8. The average molecular weight is 274 g/mol. The van der Waals surface area contributed by atoms with Crippen LogP contribution in [-0.4, -0.2) is 25.1 Å². The van der Waals surface area contributed by atoms with Crippen LogP contribution in [0.1, 0.15) is 32.1 Å². The minimum atomic E-state index is -0.423. The molecule has 1 fully saturated rings. The van der Waals surface area contributed by atoms with Crippen LogP contribution in [0.3, 0.4) is 0 Å². The number of hydrogen-bond donors (Lipinski definition) is 2. The fourth-order valence-electron chi connectivity index (χ4n) is 3.07.